The van der Waals surface area contributed by atoms with Gasteiger partial charge in [0.25, 0.3) is 5.91 Å². The summed E-state index contributed by atoms with van der Waals surface area (Å²) in [6.07, 6.45) is 1.65. The summed E-state index contributed by atoms with van der Waals surface area (Å²) < 4.78 is 5.52. The third-order valence-corrected chi connectivity index (χ3v) is 5.09. The molecule has 0 bridgehead atoms. The third kappa shape index (κ3) is 3.50. The molecule has 0 radical (unpaired) electrons. The molecule has 1 atom stereocenters. The lowest BCUT2D eigenvalue weighted by molar-refractivity contribution is -0.142. The van der Waals surface area contributed by atoms with Crippen LogP contribution in [0.15, 0.2) is 24.3 Å². The van der Waals surface area contributed by atoms with E-state index in [1.165, 1.54) is 0 Å². The van der Waals surface area contributed by atoms with Gasteiger partial charge in [0.05, 0.1) is 12.1 Å². The number of rotatable bonds is 3. The lowest BCUT2D eigenvalue weighted by atomic mass is 10.2. The van der Waals surface area contributed by atoms with Crippen molar-refractivity contribution in [3.63, 3.8) is 0 Å². The quantitative estimate of drug-likeness (QED) is 0.852. The highest BCUT2D eigenvalue weighted by molar-refractivity contribution is 5.81. The van der Waals surface area contributed by atoms with Crippen molar-refractivity contribution in [2.24, 2.45) is 0 Å². The van der Waals surface area contributed by atoms with Gasteiger partial charge in [-0.25, -0.2) is 9.97 Å². The molecule has 3 heterocycles. The zero-order chi connectivity index (χ0) is 17.2. The molecule has 6 nitrogen and oxygen atoms in total. The fourth-order valence-corrected chi connectivity index (χ4v) is 3.67. The molecule has 2 saturated heterocycles. The number of piperazine rings is 1. The van der Waals surface area contributed by atoms with Crippen molar-refractivity contribution in [1.82, 2.24) is 19.8 Å². The second-order valence-electron chi connectivity index (χ2n) is 6.85. The number of carbonyl (C=O) groups is 1. The summed E-state index contributed by atoms with van der Waals surface area (Å²) in [5.41, 5.74) is 2.02. The molecular weight excluding hydrogens is 316 g/mol. The Hall–Kier alpha value is -2.05. The number of carbonyl (C=O) groups excluding carboxylic acids is 1. The number of ether oxygens (including phenoxy) is 1. The Labute approximate surface area is 147 Å². The highest BCUT2D eigenvalue weighted by atomic mass is 16.5. The third-order valence-electron chi connectivity index (χ3n) is 5.09. The molecule has 0 N–H and O–H groups in total. The first-order valence-corrected chi connectivity index (χ1v) is 9.06. The molecule has 1 amide bonds. The number of benzene rings is 1. The van der Waals surface area contributed by atoms with Gasteiger partial charge in [0.15, 0.2) is 0 Å². The predicted octanol–water partition coefficient (Wildman–Crippen LogP) is 1.76. The first-order chi connectivity index (χ1) is 12.2. The monoisotopic (exact) mass is 340 g/mol. The SMILES string of the molecule is Cc1nc(CN2CCN(C(=O)C3CCCO3)CC2)nc2ccccc12. The van der Waals surface area contributed by atoms with Crippen molar-refractivity contribution in [1.29, 1.82) is 0 Å². The standard InChI is InChI=1S/C19H24N4O2/c1-14-15-5-2-3-6-16(15)21-18(20-14)13-22-8-10-23(11-9-22)19(24)17-7-4-12-25-17/h2-3,5-6,17H,4,7-13H2,1H3. The molecule has 1 aromatic heterocycles. The van der Waals surface area contributed by atoms with Gasteiger partial charge in [-0.05, 0) is 25.8 Å². The minimum atomic E-state index is -0.210. The largest absolute Gasteiger partial charge is 0.368 e. The van der Waals surface area contributed by atoms with Crippen LogP contribution in [0.4, 0.5) is 0 Å². The second kappa shape index (κ2) is 7.06. The van der Waals surface area contributed by atoms with Gasteiger partial charge in [0, 0.05) is 43.9 Å². The fraction of sp³-hybridized carbons (Fsp3) is 0.526. The number of hydrogen-bond acceptors (Lipinski definition) is 5. The van der Waals surface area contributed by atoms with E-state index in [-0.39, 0.29) is 12.0 Å². The molecule has 1 aromatic carbocycles. The first kappa shape index (κ1) is 16.4. The van der Waals surface area contributed by atoms with Crippen molar-refractivity contribution in [3.8, 4) is 0 Å². The lowest BCUT2D eigenvalue weighted by Crippen LogP contribution is -2.51. The van der Waals surface area contributed by atoms with Crippen LogP contribution in [0.25, 0.3) is 10.9 Å². The molecule has 0 spiro atoms. The Kier molecular flexibility index (Phi) is 4.63. The van der Waals surface area contributed by atoms with Crippen molar-refractivity contribution < 1.29 is 9.53 Å². The summed E-state index contributed by atoms with van der Waals surface area (Å²) >= 11 is 0. The lowest BCUT2D eigenvalue weighted by Gasteiger charge is -2.35. The van der Waals surface area contributed by atoms with Crippen molar-refractivity contribution >= 4 is 16.8 Å². The maximum Gasteiger partial charge on any atom is 0.251 e. The number of amides is 1. The van der Waals surface area contributed by atoms with Gasteiger partial charge in [-0.1, -0.05) is 18.2 Å². The summed E-state index contributed by atoms with van der Waals surface area (Å²) in [5.74, 6) is 1.02. The molecule has 2 aromatic rings. The minimum Gasteiger partial charge on any atom is -0.368 e. The van der Waals surface area contributed by atoms with Gasteiger partial charge in [-0.3, -0.25) is 9.69 Å². The Morgan fingerprint density at radius 2 is 2.00 bits per heavy atom. The average molecular weight is 340 g/mol. The van der Waals surface area contributed by atoms with Crippen molar-refractivity contribution in [2.45, 2.75) is 32.4 Å². The van der Waals surface area contributed by atoms with E-state index in [9.17, 15) is 4.79 Å². The fourth-order valence-electron chi connectivity index (χ4n) is 3.67. The zero-order valence-corrected chi connectivity index (χ0v) is 14.6. The Balaban J connectivity index is 1.38. The van der Waals surface area contributed by atoms with Gasteiger partial charge in [0.2, 0.25) is 0 Å². The molecule has 1 unspecified atom stereocenters. The van der Waals surface area contributed by atoms with Crippen LogP contribution in [0.2, 0.25) is 0 Å². The molecule has 4 rings (SSSR count). The van der Waals surface area contributed by atoms with Gasteiger partial charge in [-0.2, -0.15) is 0 Å². The first-order valence-electron chi connectivity index (χ1n) is 9.06. The molecular formula is C19H24N4O2. The Morgan fingerprint density at radius 3 is 2.76 bits per heavy atom. The molecule has 25 heavy (non-hydrogen) atoms. The summed E-state index contributed by atoms with van der Waals surface area (Å²) in [4.78, 5) is 26.0. The van der Waals surface area contributed by atoms with Crippen LogP contribution in [0.5, 0.6) is 0 Å². The minimum absolute atomic E-state index is 0.162. The molecule has 2 aliphatic heterocycles. The van der Waals surface area contributed by atoms with E-state index in [2.05, 4.69) is 16.0 Å². The van der Waals surface area contributed by atoms with E-state index in [4.69, 9.17) is 9.72 Å². The van der Waals surface area contributed by atoms with Crippen molar-refractivity contribution in [3.05, 3.63) is 35.8 Å². The van der Waals surface area contributed by atoms with E-state index in [0.29, 0.717) is 0 Å². The molecule has 132 valence electrons. The second-order valence-corrected chi connectivity index (χ2v) is 6.85. The number of hydrogen-bond donors (Lipinski definition) is 0. The van der Waals surface area contributed by atoms with Crippen LogP contribution in [0.3, 0.4) is 0 Å². The number of nitrogens with zero attached hydrogens (tertiary/aromatic N) is 4. The van der Waals surface area contributed by atoms with E-state index >= 15 is 0 Å². The van der Waals surface area contributed by atoms with E-state index in [1.807, 2.05) is 30.0 Å². The maximum absolute atomic E-state index is 12.4. The van der Waals surface area contributed by atoms with Gasteiger partial charge in [-0.15, -0.1) is 0 Å². The van der Waals surface area contributed by atoms with E-state index < -0.39 is 0 Å². The Morgan fingerprint density at radius 1 is 1.20 bits per heavy atom. The van der Waals surface area contributed by atoms with Crippen LogP contribution in [0, 0.1) is 6.92 Å². The zero-order valence-electron chi connectivity index (χ0n) is 14.6. The Bertz CT molecular complexity index is 765. The van der Waals surface area contributed by atoms with Crippen LogP contribution >= 0.6 is 0 Å². The van der Waals surface area contributed by atoms with Crippen LogP contribution in [-0.2, 0) is 16.1 Å². The molecule has 6 heteroatoms. The topological polar surface area (TPSA) is 58.6 Å². The van der Waals surface area contributed by atoms with Gasteiger partial charge in [0.1, 0.15) is 11.9 Å². The van der Waals surface area contributed by atoms with Gasteiger partial charge >= 0.3 is 0 Å². The van der Waals surface area contributed by atoms with E-state index in [1.54, 1.807) is 0 Å². The highest BCUT2D eigenvalue weighted by Gasteiger charge is 2.30. The molecule has 2 fully saturated rings. The molecule has 0 saturated carbocycles. The predicted molar refractivity (Wildman–Crippen MR) is 95.1 cm³/mol. The number of fused-ring (bicyclic) bond motifs is 1. The number of aryl methyl sites for hydroxylation is 1. The number of para-hydroxylation sites is 1. The van der Waals surface area contributed by atoms with E-state index in [0.717, 1.165) is 74.6 Å². The van der Waals surface area contributed by atoms with Gasteiger partial charge < -0.3 is 9.64 Å². The normalized spacial score (nSPS) is 21.8. The summed E-state index contributed by atoms with van der Waals surface area (Å²) in [6.45, 7) is 6.70. The van der Waals surface area contributed by atoms with Crippen molar-refractivity contribution in [2.75, 3.05) is 32.8 Å². The van der Waals surface area contributed by atoms with Crippen LogP contribution in [-0.4, -0.2) is 64.6 Å². The highest BCUT2D eigenvalue weighted by Crippen LogP contribution is 2.18. The summed E-state index contributed by atoms with van der Waals surface area (Å²) in [5, 5.41) is 1.11. The maximum atomic E-state index is 12.4. The summed E-state index contributed by atoms with van der Waals surface area (Å²) in [6, 6.07) is 8.12. The molecule has 2 aliphatic rings. The smallest absolute Gasteiger partial charge is 0.251 e. The van der Waals surface area contributed by atoms with Crippen LogP contribution < -0.4 is 0 Å². The summed E-state index contributed by atoms with van der Waals surface area (Å²) in [7, 11) is 0. The average Bonchev–Trinajstić information content (AvgIpc) is 3.16. The molecule has 0 aliphatic carbocycles. The number of aromatic nitrogens is 2. The van der Waals surface area contributed by atoms with Crippen LogP contribution in [0.1, 0.15) is 24.4 Å².